The Balaban J connectivity index is 1.87. The molecule has 0 aliphatic heterocycles. The average Bonchev–Trinajstić information content (AvgIpc) is 2.42. The fourth-order valence-corrected chi connectivity index (χ4v) is 3.03. The molecular weight excluding hydrogens is 349 g/mol. The predicted molar refractivity (Wildman–Crippen MR) is 86.7 cm³/mol. The summed E-state index contributed by atoms with van der Waals surface area (Å²) in [6, 6.07) is 12.2. The van der Waals surface area contributed by atoms with Gasteiger partial charge in [-0.15, -0.1) is 0 Å². The largest absolute Gasteiger partial charge is 0.455 e. The van der Waals surface area contributed by atoms with Crippen molar-refractivity contribution in [1.82, 2.24) is 0 Å². The Morgan fingerprint density at radius 1 is 0.947 bits per heavy atom. The highest BCUT2D eigenvalue weighted by atomic mass is 127. The number of hydrogen-bond acceptors (Lipinski definition) is 2. The van der Waals surface area contributed by atoms with Crippen molar-refractivity contribution < 1.29 is 4.74 Å². The van der Waals surface area contributed by atoms with Gasteiger partial charge in [0.05, 0.1) is 5.69 Å². The van der Waals surface area contributed by atoms with Gasteiger partial charge in [0, 0.05) is 3.57 Å². The van der Waals surface area contributed by atoms with E-state index in [0.717, 1.165) is 21.5 Å². The van der Waals surface area contributed by atoms with Crippen LogP contribution in [0.15, 0.2) is 36.4 Å². The lowest BCUT2D eigenvalue weighted by atomic mass is 9.92. The summed E-state index contributed by atoms with van der Waals surface area (Å²) in [6.07, 6.45) is 4.94. The lowest BCUT2D eigenvalue weighted by molar-refractivity contribution is 0.483. The zero-order valence-electron chi connectivity index (χ0n) is 10.7. The van der Waals surface area contributed by atoms with Crippen LogP contribution in [0.5, 0.6) is 11.5 Å². The number of nitrogen functional groups attached to an aromatic ring is 1. The predicted octanol–water partition coefficient (Wildman–Crippen LogP) is 4.54. The molecule has 0 aromatic heterocycles. The quantitative estimate of drug-likeness (QED) is 0.626. The molecule has 3 rings (SSSR count). The van der Waals surface area contributed by atoms with E-state index in [1.165, 1.54) is 30.4 Å². The van der Waals surface area contributed by atoms with Crippen LogP contribution >= 0.6 is 22.6 Å². The molecule has 0 heterocycles. The van der Waals surface area contributed by atoms with Crippen molar-refractivity contribution in [3.05, 3.63) is 51.1 Å². The standard InChI is InChI=1S/C16H16INO/c17-13-6-8-16(15(18)10-13)19-14-7-5-11-3-1-2-4-12(11)9-14/h5-10H,1-4,18H2. The van der Waals surface area contributed by atoms with Gasteiger partial charge >= 0.3 is 0 Å². The minimum absolute atomic E-state index is 0.685. The molecule has 0 bridgehead atoms. The minimum atomic E-state index is 0.685. The maximum atomic E-state index is 5.98. The van der Waals surface area contributed by atoms with Gasteiger partial charge in [0.2, 0.25) is 0 Å². The molecular formula is C16H16INO. The molecule has 3 heteroatoms. The molecule has 0 unspecified atom stereocenters. The Bertz CT molecular complexity index is 610. The van der Waals surface area contributed by atoms with E-state index in [0.29, 0.717) is 5.69 Å². The molecule has 0 amide bonds. The van der Waals surface area contributed by atoms with Crippen LogP contribution in [0.2, 0.25) is 0 Å². The third kappa shape index (κ3) is 2.86. The normalized spacial score (nSPS) is 13.9. The van der Waals surface area contributed by atoms with Crippen LogP contribution in [0.3, 0.4) is 0 Å². The van der Waals surface area contributed by atoms with Crippen LogP contribution in [0.25, 0.3) is 0 Å². The van der Waals surface area contributed by atoms with E-state index in [1.807, 2.05) is 24.3 Å². The topological polar surface area (TPSA) is 35.2 Å². The molecule has 0 fully saturated rings. The van der Waals surface area contributed by atoms with E-state index in [1.54, 1.807) is 0 Å². The van der Waals surface area contributed by atoms with E-state index in [2.05, 4.69) is 34.7 Å². The number of aryl methyl sites for hydroxylation is 2. The molecule has 19 heavy (non-hydrogen) atoms. The van der Waals surface area contributed by atoms with Crippen molar-refractivity contribution in [3.63, 3.8) is 0 Å². The number of fused-ring (bicyclic) bond motifs is 1. The molecule has 0 saturated heterocycles. The van der Waals surface area contributed by atoms with Crippen molar-refractivity contribution in [2.24, 2.45) is 0 Å². The minimum Gasteiger partial charge on any atom is -0.455 e. The number of rotatable bonds is 2. The number of benzene rings is 2. The summed E-state index contributed by atoms with van der Waals surface area (Å²) in [5, 5.41) is 0. The molecule has 2 N–H and O–H groups in total. The maximum absolute atomic E-state index is 5.98. The van der Waals surface area contributed by atoms with E-state index in [-0.39, 0.29) is 0 Å². The zero-order chi connectivity index (χ0) is 13.2. The van der Waals surface area contributed by atoms with Crippen molar-refractivity contribution in [2.75, 3.05) is 5.73 Å². The molecule has 0 spiro atoms. The van der Waals surface area contributed by atoms with Crippen molar-refractivity contribution >= 4 is 28.3 Å². The van der Waals surface area contributed by atoms with Crippen LogP contribution in [0, 0.1) is 3.57 Å². The van der Waals surface area contributed by atoms with Gasteiger partial charge in [-0.25, -0.2) is 0 Å². The lowest BCUT2D eigenvalue weighted by Gasteiger charge is -2.17. The van der Waals surface area contributed by atoms with E-state index >= 15 is 0 Å². The van der Waals surface area contributed by atoms with Crippen LogP contribution in [-0.4, -0.2) is 0 Å². The van der Waals surface area contributed by atoms with E-state index in [4.69, 9.17) is 10.5 Å². The van der Waals surface area contributed by atoms with Gasteiger partial charge < -0.3 is 10.5 Å². The summed E-state index contributed by atoms with van der Waals surface area (Å²) in [5.74, 6) is 1.62. The van der Waals surface area contributed by atoms with Gasteiger partial charge in [-0.3, -0.25) is 0 Å². The number of hydrogen-bond donors (Lipinski definition) is 1. The summed E-state index contributed by atoms with van der Waals surface area (Å²) in [4.78, 5) is 0. The second kappa shape index (κ2) is 5.41. The number of ether oxygens (including phenoxy) is 1. The molecule has 1 aliphatic rings. The summed E-state index contributed by atoms with van der Waals surface area (Å²) < 4.78 is 7.02. The van der Waals surface area contributed by atoms with Crippen LogP contribution in [0.4, 0.5) is 5.69 Å². The first-order valence-corrected chi connectivity index (χ1v) is 7.65. The maximum Gasteiger partial charge on any atom is 0.150 e. The highest BCUT2D eigenvalue weighted by Gasteiger charge is 2.11. The first kappa shape index (κ1) is 12.8. The summed E-state index contributed by atoms with van der Waals surface area (Å²) >= 11 is 2.25. The van der Waals surface area contributed by atoms with Crippen LogP contribution < -0.4 is 10.5 Å². The molecule has 0 radical (unpaired) electrons. The van der Waals surface area contributed by atoms with E-state index in [9.17, 15) is 0 Å². The van der Waals surface area contributed by atoms with Crippen molar-refractivity contribution in [1.29, 1.82) is 0 Å². The third-order valence-electron chi connectivity index (χ3n) is 3.52. The Morgan fingerprint density at radius 2 is 1.74 bits per heavy atom. The Kier molecular flexibility index (Phi) is 3.64. The zero-order valence-corrected chi connectivity index (χ0v) is 12.8. The number of anilines is 1. The Hall–Kier alpha value is -1.23. The Labute approximate surface area is 127 Å². The lowest BCUT2D eigenvalue weighted by Crippen LogP contribution is -2.02. The summed E-state index contributed by atoms with van der Waals surface area (Å²) in [6.45, 7) is 0. The fourth-order valence-electron chi connectivity index (χ4n) is 2.51. The summed E-state index contributed by atoms with van der Waals surface area (Å²) in [5.41, 5.74) is 9.55. The monoisotopic (exact) mass is 365 g/mol. The first-order valence-electron chi connectivity index (χ1n) is 6.57. The fraction of sp³-hybridized carbons (Fsp3) is 0.250. The van der Waals surface area contributed by atoms with Gasteiger partial charge in [0.1, 0.15) is 11.5 Å². The second-order valence-electron chi connectivity index (χ2n) is 4.92. The highest BCUT2D eigenvalue weighted by Crippen LogP contribution is 2.31. The van der Waals surface area contributed by atoms with Gasteiger partial charge in [0.25, 0.3) is 0 Å². The van der Waals surface area contributed by atoms with Gasteiger partial charge in [-0.1, -0.05) is 6.07 Å². The third-order valence-corrected chi connectivity index (χ3v) is 4.19. The van der Waals surface area contributed by atoms with E-state index < -0.39 is 0 Å². The average molecular weight is 365 g/mol. The Morgan fingerprint density at radius 3 is 2.53 bits per heavy atom. The van der Waals surface area contributed by atoms with Gasteiger partial charge in [-0.05, 0) is 89.7 Å². The molecule has 2 aromatic carbocycles. The van der Waals surface area contributed by atoms with Crippen LogP contribution in [0.1, 0.15) is 24.0 Å². The van der Waals surface area contributed by atoms with Crippen LogP contribution in [-0.2, 0) is 12.8 Å². The molecule has 0 atom stereocenters. The highest BCUT2D eigenvalue weighted by molar-refractivity contribution is 14.1. The molecule has 0 saturated carbocycles. The number of halogens is 1. The van der Waals surface area contributed by atoms with Gasteiger partial charge in [0.15, 0.2) is 0 Å². The van der Waals surface area contributed by atoms with Gasteiger partial charge in [-0.2, -0.15) is 0 Å². The molecule has 2 nitrogen and oxygen atoms in total. The molecule has 2 aromatic rings. The molecule has 1 aliphatic carbocycles. The summed E-state index contributed by atoms with van der Waals surface area (Å²) in [7, 11) is 0. The number of nitrogens with two attached hydrogens (primary N) is 1. The van der Waals surface area contributed by atoms with Crippen molar-refractivity contribution in [3.8, 4) is 11.5 Å². The smallest absolute Gasteiger partial charge is 0.150 e. The van der Waals surface area contributed by atoms with Crippen molar-refractivity contribution in [2.45, 2.75) is 25.7 Å². The molecule has 98 valence electrons. The first-order chi connectivity index (χ1) is 9.22. The second-order valence-corrected chi connectivity index (χ2v) is 6.17. The SMILES string of the molecule is Nc1cc(I)ccc1Oc1ccc2c(c1)CCCC2.